The molecular weight excluding hydrogens is 397 g/mol. The molecule has 0 spiro atoms. The first-order valence-electron chi connectivity index (χ1n) is 9.08. The molecule has 158 valence electrons. The Morgan fingerprint density at radius 2 is 1.57 bits per heavy atom. The van der Waals surface area contributed by atoms with Crippen molar-refractivity contribution in [2.24, 2.45) is 0 Å². The summed E-state index contributed by atoms with van der Waals surface area (Å²) in [4.78, 5) is 0. The number of para-hydroxylation sites is 1. The third-order valence-corrected chi connectivity index (χ3v) is 4.19. The van der Waals surface area contributed by atoms with E-state index >= 15 is 0 Å². The number of ether oxygens (including phenoxy) is 2. The molecule has 0 heterocycles. The van der Waals surface area contributed by atoms with E-state index in [0.717, 1.165) is 28.8 Å². The van der Waals surface area contributed by atoms with Gasteiger partial charge in [0, 0.05) is 24.0 Å². The number of methoxy groups -OCH3 is 1. The second-order valence-corrected chi connectivity index (χ2v) is 6.44. The van der Waals surface area contributed by atoms with Crippen molar-refractivity contribution in [2.45, 2.75) is 19.3 Å². The van der Waals surface area contributed by atoms with E-state index in [1.165, 1.54) is 12.1 Å². The van der Waals surface area contributed by atoms with Crippen molar-refractivity contribution in [3.63, 3.8) is 0 Å². The lowest BCUT2D eigenvalue weighted by atomic mass is 10.0. The predicted octanol–water partition coefficient (Wildman–Crippen LogP) is 5.20. The van der Waals surface area contributed by atoms with Crippen LogP contribution >= 0.6 is 0 Å². The van der Waals surface area contributed by atoms with E-state index in [2.05, 4.69) is 15.4 Å². The second kappa shape index (κ2) is 9.51. The van der Waals surface area contributed by atoms with Gasteiger partial charge >= 0.3 is 6.36 Å². The van der Waals surface area contributed by atoms with Gasteiger partial charge < -0.3 is 25.2 Å². The van der Waals surface area contributed by atoms with Gasteiger partial charge in [0.05, 0.1) is 6.61 Å². The molecule has 0 aliphatic rings. The Hall–Kier alpha value is -3.23. The third kappa shape index (κ3) is 6.13. The molecule has 8 heteroatoms. The number of benzene rings is 3. The molecule has 3 N–H and O–H groups in total. The molecule has 1 atom stereocenters. The normalized spacial score (nSPS) is 12.3. The van der Waals surface area contributed by atoms with Crippen molar-refractivity contribution in [2.75, 3.05) is 17.7 Å². The topological polar surface area (TPSA) is 62.8 Å². The molecule has 1 unspecified atom stereocenters. The number of halogens is 3. The summed E-state index contributed by atoms with van der Waals surface area (Å²) in [6, 6.07) is 20.4. The lowest BCUT2D eigenvalue weighted by molar-refractivity contribution is -0.274. The van der Waals surface area contributed by atoms with Crippen LogP contribution in [0.15, 0.2) is 72.8 Å². The summed E-state index contributed by atoms with van der Waals surface area (Å²) in [6.45, 7) is 0.523. The number of anilines is 2. The van der Waals surface area contributed by atoms with Gasteiger partial charge in [0.15, 0.2) is 0 Å². The molecule has 5 nitrogen and oxygen atoms in total. The molecular formula is C22H21F3N2O3. The Morgan fingerprint density at radius 3 is 2.20 bits per heavy atom. The largest absolute Gasteiger partial charge is 0.573 e. The maximum atomic E-state index is 12.2. The Morgan fingerprint density at radius 1 is 0.900 bits per heavy atom. The monoisotopic (exact) mass is 418 g/mol. The molecule has 0 aliphatic heterocycles. The smallest absolute Gasteiger partial charge is 0.406 e. The van der Waals surface area contributed by atoms with Crippen molar-refractivity contribution in [3.05, 3.63) is 78.4 Å². The molecule has 0 aromatic heterocycles. The number of hydrogen-bond donors (Lipinski definition) is 3. The first-order valence-corrected chi connectivity index (χ1v) is 9.08. The summed E-state index contributed by atoms with van der Waals surface area (Å²) >= 11 is 0. The van der Waals surface area contributed by atoms with E-state index in [-0.39, 0.29) is 5.75 Å². The zero-order valence-corrected chi connectivity index (χ0v) is 16.1. The Balaban J connectivity index is 1.68. The van der Waals surface area contributed by atoms with E-state index in [9.17, 15) is 18.3 Å². The van der Waals surface area contributed by atoms with Crippen LogP contribution < -0.4 is 15.4 Å². The number of rotatable bonds is 8. The van der Waals surface area contributed by atoms with Gasteiger partial charge in [-0.25, -0.2) is 0 Å². The quantitative estimate of drug-likeness (QED) is 0.439. The van der Waals surface area contributed by atoms with Gasteiger partial charge in [0.1, 0.15) is 5.75 Å². The fraction of sp³-hybridized carbons (Fsp3) is 0.182. The van der Waals surface area contributed by atoms with Gasteiger partial charge in [0.25, 0.3) is 0 Å². The van der Waals surface area contributed by atoms with E-state index in [1.807, 2.05) is 48.5 Å². The van der Waals surface area contributed by atoms with Crippen molar-refractivity contribution >= 4 is 11.4 Å². The van der Waals surface area contributed by atoms with E-state index in [1.54, 1.807) is 7.11 Å². The highest BCUT2D eigenvalue weighted by Gasteiger charge is 2.30. The minimum Gasteiger partial charge on any atom is -0.406 e. The van der Waals surface area contributed by atoms with Crippen LogP contribution in [0.3, 0.4) is 0 Å². The average molecular weight is 418 g/mol. The van der Waals surface area contributed by atoms with Crippen molar-refractivity contribution < 1.29 is 27.8 Å². The zero-order valence-electron chi connectivity index (χ0n) is 16.1. The molecule has 0 saturated carbocycles. The van der Waals surface area contributed by atoms with E-state index < -0.39 is 12.7 Å². The number of aliphatic hydroxyl groups is 1. The van der Waals surface area contributed by atoms with Crippen LogP contribution in [0.25, 0.3) is 11.1 Å². The van der Waals surface area contributed by atoms with Gasteiger partial charge in [-0.1, -0.05) is 42.5 Å². The molecule has 0 saturated heterocycles. The molecule has 3 aromatic carbocycles. The third-order valence-electron chi connectivity index (χ3n) is 4.19. The Bertz CT molecular complexity index is 945. The van der Waals surface area contributed by atoms with Crippen molar-refractivity contribution in [1.29, 1.82) is 0 Å². The van der Waals surface area contributed by atoms with E-state index in [0.29, 0.717) is 18.0 Å². The zero-order chi connectivity index (χ0) is 21.6. The highest BCUT2D eigenvalue weighted by Crippen LogP contribution is 2.29. The van der Waals surface area contributed by atoms with Crippen LogP contribution in [0, 0.1) is 0 Å². The van der Waals surface area contributed by atoms with Gasteiger partial charge in [-0.05, 0) is 41.5 Å². The van der Waals surface area contributed by atoms with Crippen LogP contribution in [0.2, 0.25) is 0 Å². The highest BCUT2D eigenvalue weighted by molar-refractivity contribution is 5.78. The van der Waals surface area contributed by atoms with Gasteiger partial charge in [-0.2, -0.15) is 0 Å². The Kier molecular flexibility index (Phi) is 6.81. The van der Waals surface area contributed by atoms with Crippen LogP contribution in [0.1, 0.15) is 5.56 Å². The first kappa shape index (κ1) is 21.5. The summed E-state index contributed by atoms with van der Waals surface area (Å²) in [7, 11) is 1.64. The van der Waals surface area contributed by atoms with Gasteiger partial charge in [-0.15, -0.1) is 13.2 Å². The predicted molar refractivity (Wildman–Crippen MR) is 109 cm³/mol. The molecule has 0 fully saturated rings. The van der Waals surface area contributed by atoms with Crippen LogP contribution in [0.5, 0.6) is 5.75 Å². The fourth-order valence-corrected chi connectivity index (χ4v) is 2.90. The number of nitrogens with one attached hydrogen (secondary N) is 2. The van der Waals surface area contributed by atoms with Crippen molar-refractivity contribution in [1.82, 2.24) is 0 Å². The fourth-order valence-electron chi connectivity index (χ4n) is 2.90. The summed E-state index contributed by atoms with van der Waals surface area (Å²) in [5.74, 6) is -0.335. The van der Waals surface area contributed by atoms with E-state index in [4.69, 9.17) is 4.74 Å². The number of aliphatic hydroxyl groups excluding tert-OH is 1. The summed E-state index contributed by atoms with van der Waals surface area (Å²) in [5.41, 5.74) is 4.00. The van der Waals surface area contributed by atoms with Gasteiger partial charge in [0.2, 0.25) is 6.35 Å². The Labute approximate surface area is 172 Å². The molecule has 30 heavy (non-hydrogen) atoms. The first-order chi connectivity index (χ1) is 14.3. The number of alkyl halides is 3. The van der Waals surface area contributed by atoms with Crippen molar-refractivity contribution in [3.8, 4) is 16.9 Å². The van der Waals surface area contributed by atoms with Crippen LogP contribution in [-0.2, 0) is 11.3 Å². The minimum atomic E-state index is -4.75. The molecule has 0 amide bonds. The summed E-state index contributed by atoms with van der Waals surface area (Å²) < 4.78 is 45.7. The maximum Gasteiger partial charge on any atom is 0.573 e. The summed E-state index contributed by atoms with van der Waals surface area (Å²) in [6.07, 6.45) is -5.92. The molecule has 3 aromatic rings. The lowest BCUT2D eigenvalue weighted by Crippen LogP contribution is -2.28. The SMILES string of the molecule is COCc1ccc(-c2ccccc2NC(O)Nc2ccc(OC(F)(F)F)cc2)cc1. The lowest BCUT2D eigenvalue weighted by Gasteiger charge is -2.19. The molecule has 0 radical (unpaired) electrons. The maximum absolute atomic E-state index is 12.2. The standard InChI is InChI=1S/C22H21F3N2O3/c1-29-14-15-6-8-16(9-7-15)19-4-2-3-5-20(19)27-21(28)26-17-10-12-18(13-11-17)30-22(23,24)25/h2-13,21,26-28H,14H2,1H3. The van der Waals surface area contributed by atoms with Crippen LogP contribution in [0.4, 0.5) is 24.5 Å². The second-order valence-electron chi connectivity index (χ2n) is 6.44. The minimum absolute atomic E-state index is 0.335. The van der Waals surface area contributed by atoms with Gasteiger partial charge in [-0.3, -0.25) is 0 Å². The van der Waals surface area contributed by atoms with Crippen LogP contribution in [-0.4, -0.2) is 24.9 Å². The molecule has 0 bridgehead atoms. The highest BCUT2D eigenvalue weighted by atomic mass is 19.4. The summed E-state index contributed by atoms with van der Waals surface area (Å²) in [5, 5.41) is 16.1. The number of hydrogen-bond acceptors (Lipinski definition) is 5. The molecule has 3 rings (SSSR count). The average Bonchev–Trinajstić information content (AvgIpc) is 2.70. The molecule has 0 aliphatic carbocycles.